The zero-order chi connectivity index (χ0) is 12.4. The third-order valence-electron chi connectivity index (χ3n) is 2.55. The van der Waals surface area contributed by atoms with Gasteiger partial charge < -0.3 is 4.74 Å². The van der Waals surface area contributed by atoms with Gasteiger partial charge in [0.1, 0.15) is 0 Å². The average Bonchev–Trinajstić information content (AvgIpc) is 2.28. The Kier molecular flexibility index (Phi) is 8.59. The van der Waals surface area contributed by atoms with Crippen LogP contribution in [0, 0.1) is 0 Å². The molecule has 16 heavy (non-hydrogen) atoms. The van der Waals surface area contributed by atoms with Crippen LogP contribution in [0.2, 0.25) is 0 Å². The van der Waals surface area contributed by atoms with Gasteiger partial charge in [-0.05, 0) is 33.1 Å². The summed E-state index contributed by atoms with van der Waals surface area (Å²) in [6.07, 6.45) is 9.85. The van der Waals surface area contributed by atoms with Crippen LogP contribution in [0.3, 0.4) is 0 Å². The van der Waals surface area contributed by atoms with E-state index in [1.807, 2.05) is 6.08 Å². The minimum Gasteiger partial charge on any atom is -0.466 e. The number of hydrogen-bond acceptors (Lipinski definition) is 2. The summed E-state index contributed by atoms with van der Waals surface area (Å²) in [5.74, 6) is -0.229. The maximum atomic E-state index is 11.1. The predicted molar refractivity (Wildman–Crippen MR) is 68.3 cm³/mol. The molecule has 0 saturated heterocycles. The van der Waals surface area contributed by atoms with E-state index >= 15 is 0 Å². The number of hydrogen-bond donors (Lipinski definition) is 0. The molecule has 0 rings (SSSR count). The Morgan fingerprint density at radius 3 is 2.44 bits per heavy atom. The van der Waals surface area contributed by atoms with Crippen molar-refractivity contribution in [2.75, 3.05) is 7.11 Å². The van der Waals surface area contributed by atoms with Crippen molar-refractivity contribution in [3.05, 3.63) is 23.3 Å². The Morgan fingerprint density at radius 1 is 1.19 bits per heavy atom. The molecule has 0 aliphatic rings. The Hall–Kier alpha value is -1.05. The summed E-state index contributed by atoms with van der Waals surface area (Å²) in [6.45, 7) is 6.14. The maximum Gasteiger partial charge on any atom is 0.333 e. The summed E-state index contributed by atoms with van der Waals surface area (Å²) >= 11 is 0. The zero-order valence-electron chi connectivity index (χ0n) is 11.0. The fourth-order valence-electron chi connectivity index (χ4n) is 1.42. The molecule has 0 amide bonds. The van der Waals surface area contributed by atoms with Gasteiger partial charge in [0.05, 0.1) is 7.11 Å². The number of rotatable bonds is 7. The number of methoxy groups -OCH3 is 1. The Labute approximate surface area is 99.4 Å². The van der Waals surface area contributed by atoms with E-state index in [9.17, 15) is 4.79 Å². The third-order valence-corrected chi connectivity index (χ3v) is 2.55. The monoisotopic (exact) mass is 224 g/mol. The first-order valence-corrected chi connectivity index (χ1v) is 6.02. The fraction of sp³-hybridized carbons (Fsp3) is 0.643. The van der Waals surface area contributed by atoms with Crippen LogP contribution < -0.4 is 0 Å². The van der Waals surface area contributed by atoms with Crippen molar-refractivity contribution in [3.63, 3.8) is 0 Å². The van der Waals surface area contributed by atoms with Crippen molar-refractivity contribution in [2.45, 2.75) is 52.9 Å². The van der Waals surface area contributed by atoms with Crippen LogP contribution in [0.1, 0.15) is 52.9 Å². The first-order chi connectivity index (χ1) is 7.61. The molecule has 92 valence electrons. The SMILES string of the molecule is CCCCC=C(C)CCC=C(C)C(=O)OC. The smallest absolute Gasteiger partial charge is 0.333 e. The molecular formula is C14H24O2. The molecule has 2 heteroatoms. The van der Waals surface area contributed by atoms with Crippen LogP contribution in [-0.4, -0.2) is 13.1 Å². The lowest BCUT2D eigenvalue weighted by molar-refractivity contribution is -0.136. The number of carbonyl (C=O) groups is 1. The van der Waals surface area contributed by atoms with Crippen molar-refractivity contribution in [3.8, 4) is 0 Å². The molecule has 0 heterocycles. The molecular weight excluding hydrogens is 200 g/mol. The molecule has 0 radical (unpaired) electrons. The molecule has 0 spiro atoms. The number of ether oxygens (including phenoxy) is 1. The molecule has 0 N–H and O–H groups in total. The van der Waals surface area contributed by atoms with E-state index in [1.165, 1.54) is 31.9 Å². The van der Waals surface area contributed by atoms with Crippen LogP contribution in [0.4, 0.5) is 0 Å². The summed E-state index contributed by atoms with van der Waals surface area (Å²) in [6, 6.07) is 0. The van der Waals surface area contributed by atoms with Crippen molar-refractivity contribution < 1.29 is 9.53 Å². The first-order valence-electron chi connectivity index (χ1n) is 6.02. The molecule has 0 fully saturated rings. The Balaban J connectivity index is 3.88. The molecule has 0 unspecified atom stereocenters. The summed E-state index contributed by atoms with van der Waals surface area (Å²) in [5.41, 5.74) is 2.10. The molecule has 0 aromatic carbocycles. The van der Waals surface area contributed by atoms with Crippen molar-refractivity contribution in [1.29, 1.82) is 0 Å². The van der Waals surface area contributed by atoms with Crippen LogP contribution in [0.15, 0.2) is 23.3 Å². The van der Waals surface area contributed by atoms with Crippen LogP contribution in [0.5, 0.6) is 0 Å². The molecule has 0 aromatic rings. The van der Waals surface area contributed by atoms with Gasteiger partial charge >= 0.3 is 5.97 Å². The van der Waals surface area contributed by atoms with Crippen LogP contribution in [-0.2, 0) is 9.53 Å². The van der Waals surface area contributed by atoms with Gasteiger partial charge in [0.15, 0.2) is 0 Å². The number of esters is 1. The van der Waals surface area contributed by atoms with Gasteiger partial charge in [-0.2, -0.15) is 0 Å². The molecule has 0 bridgehead atoms. The number of carbonyl (C=O) groups excluding carboxylic acids is 1. The van der Waals surface area contributed by atoms with E-state index in [-0.39, 0.29) is 5.97 Å². The molecule has 2 nitrogen and oxygen atoms in total. The lowest BCUT2D eigenvalue weighted by Gasteiger charge is -2.00. The fourth-order valence-corrected chi connectivity index (χ4v) is 1.42. The zero-order valence-corrected chi connectivity index (χ0v) is 11.0. The van der Waals surface area contributed by atoms with Gasteiger partial charge in [-0.3, -0.25) is 0 Å². The second-order valence-corrected chi connectivity index (χ2v) is 4.11. The average molecular weight is 224 g/mol. The van der Waals surface area contributed by atoms with E-state index in [0.717, 1.165) is 12.8 Å². The number of unbranched alkanes of at least 4 members (excludes halogenated alkanes) is 2. The second kappa shape index (κ2) is 9.20. The van der Waals surface area contributed by atoms with E-state index in [4.69, 9.17) is 0 Å². The highest BCUT2D eigenvalue weighted by Crippen LogP contribution is 2.09. The van der Waals surface area contributed by atoms with E-state index < -0.39 is 0 Å². The highest BCUT2D eigenvalue weighted by molar-refractivity contribution is 5.87. The first kappa shape index (κ1) is 14.9. The third kappa shape index (κ3) is 7.27. The van der Waals surface area contributed by atoms with E-state index in [0.29, 0.717) is 5.57 Å². The van der Waals surface area contributed by atoms with Gasteiger partial charge in [0.25, 0.3) is 0 Å². The summed E-state index contributed by atoms with van der Waals surface area (Å²) in [4.78, 5) is 11.1. The van der Waals surface area contributed by atoms with Gasteiger partial charge in [-0.15, -0.1) is 0 Å². The molecule has 0 aromatic heterocycles. The minimum atomic E-state index is -0.229. The normalized spacial score (nSPS) is 12.8. The minimum absolute atomic E-state index is 0.229. The lowest BCUT2D eigenvalue weighted by atomic mass is 10.1. The highest BCUT2D eigenvalue weighted by Gasteiger charge is 2.01. The van der Waals surface area contributed by atoms with Crippen molar-refractivity contribution in [1.82, 2.24) is 0 Å². The standard InChI is InChI=1S/C14H24O2/c1-5-6-7-9-12(2)10-8-11-13(3)14(15)16-4/h9,11H,5-8,10H2,1-4H3. The van der Waals surface area contributed by atoms with Gasteiger partial charge in [0.2, 0.25) is 0 Å². The molecule has 0 saturated carbocycles. The maximum absolute atomic E-state index is 11.1. The molecule has 0 aliphatic carbocycles. The summed E-state index contributed by atoms with van der Waals surface area (Å²) in [5, 5.41) is 0. The van der Waals surface area contributed by atoms with E-state index in [1.54, 1.807) is 6.92 Å². The lowest BCUT2D eigenvalue weighted by Crippen LogP contribution is -2.01. The topological polar surface area (TPSA) is 26.3 Å². The number of allylic oxidation sites excluding steroid dienone is 3. The van der Waals surface area contributed by atoms with E-state index in [2.05, 4.69) is 24.7 Å². The highest BCUT2D eigenvalue weighted by atomic mass is 16.5. The van der Waals surface area contributed by atoms with Crippen LogP contribution >= 0.6 is 0 Å². The largest absolute Gasteiger partial charge is 0.466 e. The van der Waals surface area contributed by atoms with Gasteiger partial charge in [-0.25, -0.2) is 4.79 Å². The second-order valence-electron chi connectivity index (χ2n) is 4.11. The van der Waals surface area contributed by atoms with Gasteiger partial charge in [-0.1, -0.05) is 37.5 Å². The van der Waals surface area contributed by atoms with Gasteiger partial charge in [0, 0.05) is 5.57 Å². The Morgan fingerprint density at radius 2 is 1.88 bits per heavy atom. The quantitative estimate of drug-likeness (QED) is 0.282. The molecule has 0 atom stereocenters. The van der Waals surface area contributed by atoms with Crippen LogP contribution in [0.25, 0.3) is 0 Å². The Bertz CT molecular complexity index is 262. The molecule has 0 aliphatic heterocycles. The van der Waals surface area contributed by atoms with Crippen molar-refractivity contribution in [2.24, 2.45) is 0 Å². The van der Waals surface area contributed by atoms with Crippen molar-refractivity contribution >= 4 is 5.97 Å². The predicted octanol–water partition coefficient (Wildman–Crippen LogP) is 4.02. The summed E-state index contributed by atoms with van der Waals surface area (Å²) in [7, 11) is 1.41. The summed E-state index contributed by atoms with van der Waals surface area (Å²) < 4.78 is 4.63.